The molecule has 3 nitrogen and oxygen atoms in total. The normalized spacial score (nSPS) is 20.8. The van der Waals surface area contributed by atoms with Crippen molar-refractivity contribution in [2.24, 2.45) is 0 Å². The Hall–Kier alpha value is -0.960. The van der Waals surface area contributed by atoms with Crippen LogP contribution in [0, 0.1) is 0 Å². The minimum Gasteiger partial charge on any atom is -0.391 e. The highest BCUT2D eigenvalue weighted by Crippen LogP contribution is 1.90. The van der Waals surface area contributed by atoms with Gasteiger partial charge in [-0.05, 0) is 51.2 Å². The van der Waals surface area contributed by atoms with Crippen LogP contribution < -0.4 is 16.0 Å². The number of rotatable bonds is 0. The van der Waals surface area contributed by atoms with E-state index in [4.69, 9.17) is 0 Å². The van der Waals surface area contributed by atoms with Crippen molar-refractivity contribution in [1.82, 2.24) is 16.0 Å². The summed E-state index contributed by atoms with van der Waals surface area (Å²) >= 11 is 0. The van der Waals surface area contributed by atoms with Crippen molar-refractivity contribution < 1.29 is 0 Å². The van der Waals surface area contributed by atoms with Crippen LogP contribution in [-0.4, -0.2) is 26.2 Å². The summed E-state index contributed by atoms with van der Waals surface area (Å²) < 4.78 is 0. The maximum absolute atomic E-state index is 3.22. The van der Waals surface area contributed by atoms with Gasteiger partial charge in [-0.25, -0.2) is 0 Å². The lowest BCUT2D eigenvalue weighted by Crippen LogP contribution is -2.03. The molecule has 3 aliphatic rings. The maximum Gasteiger partial charge on any atom is 0.0176 e. The van der Waals surface area contributed by atoms with E-state index in [0.717, 1.165) is 13.1 Å². The Labute approximate surface area is 93.0 Å². The second-order valence-electron chi connectivity index (χ2n) is 3.75. The van der Waals surface area contributed by atoms with Gasteiger partial charge < -0.3 is 16.0 Å². The van der Waals surface area contributed by atoms with Crippen LogP contribution >= 0.6 is 0 Å². The van der Waals surface area contributed by atoms with Crippen LogP contribution in [0.2, 0.25) is 0 Å². The molecule has 0 spiro atoms. The van der Waals surface area contributed by atoms with Gasteiger partial charge in [0, 0.05) is 13.1 Å². The van der Waals surface area contributed by atoms with Crippen molar-refractivity contribution in [1.29, 1.82) is 0 Å². The van der Waals surface area contributed by atoms with E-state index >= 15 is 0 Å². The van der Waals surface area contributed by atoms with Crippen LogP contribution in [0.15, 0.2) is 24.6 Å². The Balaban J connectivity index is 0.000000112. The van der Waals surface area contributed by atoms with Gasteiger partial charge in [0.15, 0.2) is 0 Å². The van der Waals surface area contributed by atoms with Gasteiger partial charge in [0.2, 0.25) is 0 Å². The molecule has 0 aromatic rings. The predicted molar refractivity (Wildman–Crippen MR) is 65.6 cm³/mol. The fourth-order valence-corrected chi connectivity index (χ4v) is 1.46. The number of nitrogens with one attached hydrogen (secondary N) is 3. The van der Waals surface area contributed by atoms with Gasteiger partial charge in [0.25, 0.3) is 0 Å². The Morgan fingerprint density at radius 2 is 1.20 bits per heavy atom. The molecule has 1 fully saturated rings. The van der Waals surface area contributed by atoms with Crippen molar-refractivity contribution >= 4 is 0 Å². The minimum absolute atomic E-state index is 1.14. The van der Waals surface area contributed by atoms with Gasteiger partial charge in [0.05, 0.1) is 0 Å². The van der Waals surface area contributed by atoms with E-state index in [1.54, 1.807) is 0 Å². The van der Waals surface area contributed by atoms with E-state index in [2.05, 4.69) is 28.1 Å². The van der Waals surface area contributed by atoms with Crippen molar-refractivity contribution in [3.8, 4) is 0 Å². The van der Waals surface area contributed by atoms with Gasteiger partial charge in [-0.3, -0.25) is 0 Å². The average Bonchev–Trinajstić information content (AvgIpc) is 3.09. The Morgan fingerprint density at radius 1 is 0.667 bits per heavy atom. The Morgan fingerprint density at radius 3 is 1.33 bits per heavy atom. The van der Waals surface area contributed by atoms with Crippen molar-refractivity contribution in [3.05, 3.63) is 24.6 Å². The van der Waals surface area contributed by atoms with E-state index in [1.807, 2.05) is 12.4 Å². The van der Waals surface area contributed by atoms with Crippen LogP contribution in [0.4, 0.5) is 0 Å². The smallest absolute Gasteiger partial charge is 0.0176 e. The van der Waals surface area contributed by atoms with Gasteiger partial charge in [-0.15, -0.1) is 0 Å². The molecule has 0 saturated carbocycles. The molecule has 15 heavy (non-hydrogen) atoms. The monoisotopic (exact) mass is 209 g/mol. The van der Waals surface area contributed by atoms with Gasteiger partial charge >= 0.3 is 0 Å². The first kappa shape index (κ1) is 12.1. The molecule has 3 aliphatic heterocycles. The van der Waals surface area contributed by atoms with E-state index < -0.39 is 0 Å². The average molecular weight is 209 g/mol. The zero-order chi connectivity index (χ0) is 10.6. The lowest BCUT2D eigenvalue weighted by Gasteiger charge is -1.78. The topological polar surface area (TPSA) is 36.1 Å². The molecular weight excluding hydrogens is 186 g/mol. The number of hydrogen-bond acceptors (Lipinski definition) is 3. The highest BCUT2D eigenvalue weighted by atomic mass is 14.9. The summed E-state index contributed by atoms with van der Waals surface area (Å²) in [6.07, 6.45) is 13.4. The van der Waals surface area contributed by atoms with Gasteiger partial charge in [-0.1, -0.05) is 12.2 Å². The van der Waals surface area contributed by atoms with Crippen molar-refractivity contribution in [2.45, 2.75) is 25.7 Å². The minimum atomic E-state index is 1.14. The molecule has 0 atom stereocenters. The SMILES string of the molecule is C1=CNCC1.C1=CNCC1.C1CCNC1. The fourth-order valence-electron chi connectivity index (χ4n) is 1.46. The lowest BCUT2D eigenvalue weighted by molar-refractivity contribution is 0.857. The maximum atomic E-state index is 3.22. The largest absolute Gasteiger partial charge is 0.391 e. The Kier molecular flexibility index (Phi) is 7.74. The van der Waals surface area contributed by atoms with E-state index in [1.165, 1.54) is 38.8 Å². The first-order valence-electron chi connectivity index (χ1n) is 5.97. The molecule has 0 unspecified atom stereocenters. The molecule has 3 N–H and O–H groups in total. The summed E-state index contributed by atoms with van der Waals surface area (Å²) in [5.74, 6) is 0. The first-order chi connectivity index (χ1) is 7.50. The summed E-state index contributed by atoms with van der Waals surface area (Å²) in [6, 6.07) is 0. The highest BCUT2D eigenvalue weighted by molar-refractivity contribution is 4.87. The molecule has 86 valence electrons. The zero-order valence-electron chi connectivity index (χ0n) is 9.47. The fraction of sp³-hybridized carbons (Fsp3) is 0.667. The second-order valence-corrected chi connectivity index (χ2v) is 3.75. The van der Waals surface area contributed by atoms with Crippen molar-refractivity contribution in [2.75, 3.05) is 26.2 Å². The molecule has 0 amide bonds. The van der Waals surface area contributed by atoms with Crippen LogP contribution in [0.1, 0.15) is 25.7 Å². The van der Waals surface area contributed by atoms with Crippen LogP contribution in [0.5, 0.6) is 0 Å². The molecule has 1 saturated heterocycles. The molecule has 0 aromatic carbocycles. The molecule has 0 aliphatic carbocycles. The highest BCUT2D eigenvalue weighted by Gasteiger charge is 1.93. The summed E-state index contributed by atoms with van der Waals surface area (Å²) in [4.78, 5) is 0. The molecule has 0 radical (unpaired) electrons. The van der Waals surface area contributed by atoms with Crippen molar-refractivity contribution in [3.63, 3.8) is 0 Å². The number of hydrogen-bond donors (Lipinski definition) is 3. The molecule has 0 bridgehead atoms. The summed E-state index contributed by atoms with van der Waals surface area (Å²) in [6.45, 7) is 4.78. The Bertz CT molecular complexity index is 148. The van der Waals surface area contributed by atoms with E-state index in [-0.39, 0.29) is 0 Å². The lowest BCUT2D eigenvalue weighted by atomic mass is 10.4. The standard InChI is InChI=1S/C4H9N.2C4H7N/c3*1-2-4-5-3-1/h5H,1-4H2;2*1,3,5H,2,4H2. The van der Waals surface area contributed by atoms with Crippen LogP contribution in [-0.2, 0) is 0 Å². The summed E-state index contributed by atoms with van der Waals surface area (Å²) in [5.41, 5.74) is 0. The molecule has 3 rings (SSSR count). The third-order valence-electron chi connectivity index (χ3n) is 2.34. The zero-order valence-corrected chi connectivity index (χ0v) is 9.47. The quantitative estimate of drug-likeness (QED) is 0.564. The first-order valence-corrected chi connectivity index (χ1v) is 5.97. The van der Waals surface area contributed by atoms with E-state index in [0.29, 0.717) is 0 Å². The third-order valence-corrected chi connectivity index (χ3v) is 2.34. The summed E-state index contributed by atoms with van der Waals surface area (Å²) in [7, 11) is 0. The molecular formula is C12H23N3. The van der Waals surface area contributed by atoms with Gasteiger partial charge in [-0.2, -0.15) is 0 Å². The second kappa shape index (κ2) is 9.59. The van der Waals surface area contributed by atoms with Gasteiger partial charge in [0.1, 0.15) is 0 Å². The third kappa shape index (κ3) is 8.06. The summed E-state index contributed by atoms with van der Waals surface area (Å²) in [5, 5.41) is 9.31. The molecule has 3 heteroatoms. The predicted octanol–water partition coefficient (Wildman–Crippen LogP) is 1.36. The van der Waals surface area contributed by atoms with Crippen LogP contribution in [0.25, 0.3) is 0 Å². The van der Waals surface area contributed by atoms with Crippen LogP contribution in [0.3, 0.4) is 0 Å². The van der Waals surface area contributed by atoms with E-state index in [9.17, 15) is 0 Å². The molecule has 3 heterocycles. The molecule has 0 aromatic heterocycles.